The van der Waals surface area contributed by atoms with Gasteiger partial charge in [0, 0.05) is 35.6 Å². The molecule has 2 N–H and O–H groups in total. The van der Waals surface area contributed by atoms with Crippen LogP contribution in [0.4, 0.5) is 0 Å². The van der Waals surface area contributed by atoms with Gasteiger partial charge in [-0.3, -0.25) is 0 Å². The summed E-state index contributed by atoms with van der Waals surface area (Å²) in [5.74, 6) is 0.120. The van der Waals surface area contributed by atoms with Gasteiger partial charge in [-0.05, 0) is 11.5 Å². The maximum atomic E-state index is 8.19. The van der Waals surface area contributed by atoms with Crippen molar-refractivity contribution in [2.45, 2.75) is 0 Å². The summed E-state index contributed by atoms with van der Waals surface area (Å²) in [4.78, 5) is 0. The number of rotatable bonds is 2. The van der Waals surface area contributed by atoms with Crippen LogP contribution in [0.25, 0.3) is 0 Å². The zero-order chi connectivity index (χ0) is 6.69. The van der Waals surface area contributed by atoms with E-state index < -0.39 is 7.32 Å². The number of aromatic nitrogens is 2. The van der Waals surface area contributed by atoms with Gasteiger partial charge < -0.3 is 14.7 Å². The van der Waals surface area contributed by atoms with Crippen LogP contribution in [0, 0.1) is 35.6 Å². The first-order chi connectivity index (χ1) is 4.29. The summed E-state index contributed by atoms with van der Waals surface area (Å²) >= 11 is 1.07. The molecule has 10 heavy (non-hydrogen) atoms. The molecule has 0 saturated heterocycles. The average molecular weight is 285 g/mol. The van der Waals surface area contributed by atoms with Crippen molar-refractivity contribution in [3.05, 3.63) is 5.38 Å². The Morgan fingerprint density at radius 2 is 2.30 bits per heavy atom. The SMILES string of the molecule is OB(O)Oc1csnn1.[La]. The van der Waals surface area contributed by atoms with Crippen LogP contribution in [0.15, 0.2) is 5.38 Å². The molecule has 1 rings (SSSR count). The Morgan fingerprint density at radius 1 is 1.60 bits per heavy atom. The van der Waals surface area contributed by atoms with Crippen molar-refractivity contribution in [2.24, 2.45) is 0 Å². The third-order valence-corrected chi connectivity index (χ3v) is 1.05. The fourth-order valence-corrected chi connectivity index (χ4v) is 0.683. The van der Waals surface area contributed by atoms with Crippen molar-refractivity contribution in [1.82, 2.24) is 9.59 Å². The first-order valence-electron chi connectivity index (χ1n) is 2.09. The molecule has 0 spiro atoms. The van der Waals surface area contributed by atoms with Gasteiger partial charge in [-0.1, -0.05) is 4.49 Å². The quantitative estimate of drug-likeness (QED) is 0.674. The Balaban J connectivity index is 0.000000810. The molecule has 0 aliphatic heterocycles. The smallest absolute Gasteiger partial charge is 0.496 e. The summed E-state index contributed by atoms with van der Waals surface area (Å²) in [6, 6.07) is 0. The second kappa shape index (κ2) is 5.22. The first kappa shape index (κ1) is 10.5. The third-order valence-electron chi connectivity index (χ3n) is 0.566. The molecule has 0 atom stereocenters. The largest absolute Gasteiger partial charge is 0.708 e. The molecule has 0 aliphatic rings. The van der Waals surface area contributed by atoms with Crippen molar-refractivity contribution in [3.63, 3.8) is 0 Å². The molecular formula is C2H3BLaN2O3S. The van der Waals surface area contributed by atoms with Gasteiger partial charge in [-0.2, -0.15) is 0 Å². The van der Waals surface area contributed by atoms with E-state index in [2.05, 4.69) is 14.2 Å². The second-order valence-corrected chi connectivity index (χ2v) is 1.80. The topological polar surface area (TPSA) is 75.5 Å². The van der Waals surface area contributed by atoms with Crippen LogP contribution < -0.4 is 4.65 Å². The number of hydrogen-bond donors (Lipinski definition) is 2. The Hall–Kier alpha value is 0.540. The molecule has 1 aromatic heterocycles. The van der Waals surface area contributed by atoms with Gasteiger partial charge in [0.05, 0.1) is 5.38 Å². The van der Waals surface area contributed by atoms with E-state index in [0.717, 1.165) is 11.5 Å². The summed E-state index contributed by atoms with van der Waals surface area (Å²) in [6.45, 7) is 0. The van der Waals surface area contributed by atoms with Crippen LogP contribution >= 0.6 is 11.5 Å². The van der Waals surface area contributed by atoms with Gasteiger partial charge >= 0.3 is 7.32 Å². The van der Waals surface area contributed by atoms with Gasteiger partial charge in [0.1, 0.15) is 0 Å². The van der Waals surface area contributed by atoms with Gasteiger partial charge in [-0.15, -0.1) is 5.10 Å². The zero-order valence-electron chi connectivity index (χ0n) is 4.84. The van der Waals surface area contributed by atoms with Crippen molar-refractivity contribution < 1.29 is 50.3 Å². The summed E-state index contributed by atoms with van der Waals surface area (Å²) < 4.78 is 7.72. The van der Waals surface area contributed by atoms with Crippen LogP contribution in [-0.2, 0) is 0 Å². The fourth-order valence-electron chi connectivity index (χ4n) is 0.315. The van der Waals surface area contributed by atoms with E-state index in [1.54, 1.807) is 0 Å². The van der Waals surface area contributed by atoms with Crippen molar-refractivity contribution in [2.75, 3.05) is 0 Å². The van der Waals surface area contributed by atoms with Crippen LogP contribution in [0.3, 0.4) is 0 Å². The molecule has 1 aromatic rings. The van der Waals surface area contributed by atoms with E-state index in [1.165, 1.54) is 5.38 Å². The molecule has 0 aliphatic carbocycles. The monoisotopic (exact) mass is 285 g/mol. The van der Waals surface area contributed by atoms with E-state index in [0.29, 0.717) is 0 Å². The minimum atomic E-state index is -1.81. The standard InChI is InChI=1S/C2H3BN2O3S.La/c6-3(7)8-2-1-9-5-4-2;/h1,6-7H;. The Labute approximate surface area is 89.4 Å². The zero-order valence-corrected chi connectivity index (χ0v) is 9.28. The summed E-state index contributed by atoms with van der Waals surface area (Å²) in [5.41, 5.74) is 0. The van der Waals surface area contributed by atoms with Crippen LogP contribution in [0.2, 0.25) is 0 Å². The molecule has 0 aromatic carbocycles. The number of hydrogen-bond acceptors (Lipinski definition) is 6. The molecule has 0 amide bonds. The van der Waals surface area contributed by atoms with Crippen LogP contribution in [-0.4, -0.2) is 27.0 Å². The second-order valence-electron chi connectivity index (χ2n) is 1.19. The van der Waals surface area contributed by atoms with E-state index in [1.807, 2.05) is 0 Å². The maximum absolute atomic E-state index is 8.19. The van der Waals surface area contributed by atoms with Crippen molar-refractivity contribution in [1.29, 1.82) is 0 Å². The molecule has 0 fully saturated rings. The Bertz CT molecular complexity index is 171. The van der Waals surface area contributed by atoms with E-state index in [-0.39, 0.29) is 41.5 Å². The molecule has 1 heterocycles. The first-order valence-corrected chi connectivity index (χ1v) is 2.92. The molecular weight excluding hydrogens is 282 g/mol. The van der Waals surface area contributed by atoms with Crippen molar-refractivity contribution in [3.8, 4) is 5.88 Å². The maximum Gasteiger partial charge on any atom is 0.708 e. The molecule has 5 nitrogen and oxygen atoms in total. The Morgan fingerprint density at radius 3 is 2.70 bits per heavy atom. The van der Waals surface area contributed by atoms with E-state index >= 15 is 0 Å². The van der Waals surface area contributed by atoms with Crippen molar-refractivity contribution >= 4 is 18.9 Å². The van der Waals surface area contributed by atoms with Gasteiger partial charge in [0.25, 0.3) is 0 Å². The molecule has 51 valence electrons. The van der Waals surface area contributed by atoms with Gasteiger partial charge in [0.15, 0.2) is 0 Å². The van der Waals surface area contributed by atoms with Gasteiger partial charge in [0.2, 0.25) is 5.88 Å². The van der Waals surface area contributed by atoms with E-state index in [4.69, 9.17) is 10.0 Å². The average Bonchev–Trinajstić information content (AvgIpc) is 2.15. The predicted molar refractivity (Wildman–Crippen MR) is 30.7 cm³/mol. The van der Waals surface area contributed by atoms with E-state index in [9.17, 15) is 0 Å². The summed E-state index contributed by atoms with van der Waals surface area (Å²) in [5, 5.41) is 21.2. The Kier molecular flexibility index (Phi) is 5.51. The molecule has 0 bridgehead atoms. The number of nitrogens with zero attached hydrogens (tertiary/aromatic N) is 2. The minimum Gasteiger partial charge on any atom is -0.496 e. The molecule has 8 heteroatoms. The van der Waals surface area contributed by atoms with Crippen LogP contribution in [0.5, 0.6) is 5.88 Å². The molecule has 0 unspecified atom stereocenters. The third kappa shape index (κ3) is 3.65. The fraction of sp³-hybridized carbons (Fsp3) is 0. The minimum absolute atomic E-state index is 0. The predicted octanol–water partition coefficient (Wildman–Crippen LogP) is -1.11. The molecule has 0 saturated carbocycles. The summed E-state index contributed by atoms with van der Waals surface area (Å²) in [6.07, 6.45) is 0. The normalized spacial score (nSPS) is 8.20. The molecule has 1 radical (unpaired) electrons. The van der Waals surface area contributed by atoms with Crippen LogP contribution in [0.1, 0.15) is 0 Å². The van der Waals surface area contributed by atoms with Gasteiger partial charge in [-0.25, -0.2) is 0 Å². The summed E-state index contributed by atoms with van der Waals surface area (Å²) in [7, 11) is -1.81.